The largest absolute Gasteiger partial charge is 0.366 e. The number of nitrogens with zero attached hydrogens (tertiary/aromatic N) is 3. The van der Waals surface area contributed by atoms with Crippen LogP contribution in [0.25, 0.3) is 11.3 Å². The van der Waals surface area contributed by atoms with E-state index in [1.807, 2.05) is 30.3 Å². The van der Waals surface area contributed by atoms with Crippen molar-refractivity contribution in [1.29, 1.82) is 0 Å². The van der Waals surface area contributed by atoms with Crippen molar-refractivity contribution in [1.82, 2.24) is 15.0 Å². The number of aromatic nitrogens is 3. The third-order valence-electron chi connectivity index (χ3n) is 5.96. The molecule has 0 amide bonds. The Morgan fingerprint density at radius 1 is 1.03 bits per heavy atom. The van der Waals surface area contributed by atoms with E-state index < -0.39 is 0 Å². The lowest BCUT2D eigenvalue weighted by atomic mass is 9.80. The summed E-state index contributed by atoms with van der Waals surface area (Å²) >= 11 is 6.49. The van der Waals surface area contributed by atoms with Gasteiger partial charge >= 0.3 is 0 Å². The smallest absolute Gasteiger partial charge is 0.126 e. The van der Waals surface area contributed by atoms with Crippen molar-refractivity contribution in [2.45, 2.75) is 38.6 Å². The van der Waals surface area contributed by atoms with Gasteiger partial charge < -0.3 is 11.1 Å². The molecule has 0 atom stereocenters. The number of hydrogen-bond acceptors (Lipinski definition) is 5. The molecule has 0 aromatic carbocycles. The average Bonchev–Trinajstić information content (AvgIpc) is 2.80. The molecule has 1 fully saturated rings. The number of hydrogen-bond donors (Lipinski definition) is 2. The molecule has 0 unspecified atom stereocenters. The van der Waals surface area contributed by atoms with E-state index in [1.54, 1.807) is 18.6 Å². The Hall–Kier alpha value is -2.50. The van der Waals surface area contributed by atoms with E-state index in [2.05, 4.69) is 21.4 Å². The fourth-order valence-corrected chi connectivity index (χ4v) is 4.33. The van der Waals surface area contributed by atoms with Crippen LogP contribution in [0.5, 0.6) is 0 Å². The van der Waals surface area contributed by atoms with Crippen molar-refractivity contribution in [2.24, 2.45) is 17.6 Å². The van der Waals surface area contributed by atoms with Gasteiger partial charge in [-0.1, -0.05) is 17.7 Å². The third-order valence-corrected chi connectivity index (χ3v) is 6.26. The molecule has 4 rings (SSSR count). The first-order valence-electron chi connectivity index (χ1n) is 10.7. The molecule has 5 nitrogen and oxygen atoms in total. The zero-order valence-corrected chi connectivity index (χ0v) is 17.9. The zero-order valence-electron chi connectivity index (χ0n) is 17.1. The summed E-state index contributed by atoms with van der Waals surface area (Å²) in [7, 11) is 0. The van der Waals surface area contributed by atoms with Crippen molar-refractivity contribution >= 4 is 17.4 Å². The van der Waals surface area contributed by atoms with Gasteiger partial charge in [-0.15, -0.1) is 0 Å². The first-order chi connectivity index (χ1) is 14.7. The molecule has 0 radical (unpaired) electrons. The predicted molar refractivity (Wildman–Crippen MR) is 122 cm³/mol. The molecule has 156 valence electrons. The summed E-state index contributed by atoms with van der Waals surface area (Å²) < 4.78 is 0. The highest BCUT2D eigenvalue weighted by Crippen LogP contribution is 2.32. The Balaban J connectivity index is 1.46. The molecule has 0 aliphatic heterocycles. The van der Waals surface area contributed by atoms with Crippen LogP contribution in [0.15, 0.2) is 55.0 Å². The summed E-state index contributed by atoms with van der Waals surface area (Å²) in [5.74, 6) is 2.19. The number of halogens is 1. The Kier molecular flexibility index (Phi) is 6.92. The number of pyridine rings is 3. The van der Waals surface area contributed by atoms with Gasteiger partial charge in [-0.05, 0) is 86.4 Å². The van der Waals surface area contributed by atoms with Gasteiger partial charge in [0.1, 0.15) is 5.82 Å². The number of nitrogens with two attached hydrogens (primary N) is 1. The summed E-state index contributed by atoms with van der Waals surface area (Å²) in [6, 6.07) is 12.0. The molecular formula is C24H28ClN5. The Morgan fingerprint density at radius 3 is 2.57 bits per heavy atom. The van der Waals surface area contributed by atoms with E-state index >= 15 is 0 Å². The van der Waals surface area contributed by atoms with Crippen LogP contribution >= 0.6 is 11.6 Å². The summed E-state index contributed by atoms with van der Waals surface area (Å²) in [6.45, 7) is 1.51. The van der Waals surface area contributed by atoms with Crippen molar-refractivity contribution in [3.05, 3.63) is 71.3 Å². The van der Waals surface area contributed by atoms with Crippen LogP contribution in [-0.4, -0.2) is 21.5 Å². The molecule has 3 aromatic heterocycles. The number of rotatable bonds is 7. The maximum atomic E-state index is 6.49. The summed E-state index contributed by atoms with van der Waals surface area (Å²) in [6.07, 6.45) is 11.3. The van der Waals surface area contributed by atoms with Crippen LogP contribution in [0.1, 0.15) is 36.9 Å². The minimum absolute atomic E-state index is 0.629. The molecule has 1 aliphatic carbocycles. The van der Waals surface area contributed by atoms with E-state index in [-0.39, 0.29) is 0 Å². The fraction of sp³-hybridized carbons (Fsp3) is 0.375. The molecule has 1 saturated carbocycles. The van der Waals surface area contributed by atoms with Gasteiger partial charge in [0, 0.05) is 36.4 Å². The van der Waals surface area contributed by atoms with E-state index in [9.17, 15) is 0 Å². The van der Waals surface area contributed by atoms with Crippen LogP contribution in [0.4, 0.5) is 5.82 Å². The highest BCUT2D eigenvalue weighted by atomic mass is 35.5. The second-order valence-corrected chi connectivity index (χ2v) is 8.51. The quantitative estimate of drug-likeness (QED) is 0.554. The minimum Gasteiger partial charge on any atom is -0.366 e. The standard InChI is InChI=1S/C24H28ClN5/c25-22-16-28-20(12-17-4-6-18(14-26)7-5-17)13-21(22)23-2-1-3-24(30-23)29-15-19-8-10-27-11-9-19/h1-3,8-11,13,16-18H,4-7,12,14-15,26H2,(H,29,30). The van der Waals surface area contributed by atoms with Crippen LogP contribution in [0.3, 0.4) is 0 Å². The zero-order chi connectivity index (χ0) is 20.8. The molecule has 3 N–H and O–H groups in total. The van der Waals surface area contributed by atoms with Gasteiger partial charge in [-0.2, -0.15) is 0 Å². The minimum atomic E-state index is 0.629. The first kappa shape index (κ1) is 20.8. The molecule has 0 bridgehead atoms. The molecule has 6 heteroatoms. The molecule has 1 aliphatic rings. The van der Waals surface area contributed by atoms with Crippen LogP contribution in [0.2, 0.25) is 5.02 Å². The SMILES string of the molecule is NCC1CCC(Cc2cc(-c3cccc(NCc4ccncc4)n3)c(Cl)cn2)CC1. The van der Waals surface area contributed by atoms with Crippen molar-refractivity contribution < 1.29 is 0 Å². The predicted octanol–water partition coefficient (Wildman–Crippen LogP) is 5.11. The fourth-order valence-electron chi connectivity index (χ4n) is 4.13. The lowest BCUT2D eigenvalue weighted by Crippen LogP contribution is -2.22. The number of nitrogens with one attached hydrogen (secondary N) is 1. The van der Waals surface area contributed by atoms with Crippen molar-refractivity contribution in [3.63, 3.8) is 0 Å². The van der Waals surface area contributed by atoms with E-state index in [4.69, 9.17) is 22.3 Å². The summed E-state index contributed by atoms with van der Waals surface area (Å²) in [5, 5.41) is 4.00. The second kappa shape index (κ2) is 10.0. The van der Waals surface area contributed by atoms with Crippen LogP contribution in [-0.2, 0) is 13.0 Å². The van der Waals surface area contributed by atoms with E-state index in [1.165, 1.54) is 25.7 Å². The highest BCUT2D eigenvalue weighted by Gasteiger charge is 2.21. The van der Waals surface area contributed by atoms with Gasteiger partial charge in [0.2, 0.25) is 0 Å². The first-order valence-corrected chi connectivity index (χ1v) is 11.0. The molecule has 30 heavy (non-hydrogen) atoms. The molecule has 0 saturated heterocycles. The Morgan fingerprint density at radius 2 is 1.80 bits per heavy atom. The molecular weight excluding hydrogens is 394 g/mol. The molecule has 3 aromatic rings. The van der Waals surface area contributed by atoms with Gasteiger partial charge in [0.05, 0.1) is 10.7 Å². The van der Waals surface area contributed by atoms with Gasteiger partial charge in [-0.3, -0.25) is 9.97 Å². The van der Waals surface area contributed by atoms with Crippen molar-refractivity contribution in [3.8, 4) is 11.3 Å². The van der Waals surface area contributed by atoms with E-state index in [0.717, 1.165) is 41.3 Å². The highest BCUT2D eigenvalue weighted by molar-refractivity contribution is 6.33. The summed E-state index contributed by atoms with van der Waals surface area (Å²) in [4.78, 5) is 13.4. The Bertz CT molecular complexity index is 955. The molecule has 0 spiro atoms. The lowest BCUT2D eigenvalue weighted by molar-refractivity contribution is 0.277. The number of anilines is 1. The maximum Gasteiger partial charge on any atom is 0.126 e. The monoisotopic (exact) mass is 421 g/mol. The van der Waals surface area contributed by atoms with Gasteiger partial charge in [-0.25, -0.2) is 4.98 Å². The van der Waals surface area contributed by atoms with Gasteiger partial charge in [0.25, 0.3) is 0 Å². The average molecular weight is 422 g/mol. The normalized spacial score (nSPS) is 18.9. The lowest BCUT2D eigenvalue weighted by Gasteiger charge is -2.27. The van der Waals surface area contributed by atoms with Crippen molar-refractivity contribution in [2.75, 3.05) is 11.9 Å². The molecule has 3 heterocycles. The van der Waals surface area contributed by atoms with E-state index in [0.29, 0.717) is 23.4 Å². The second-order valence-electron chi connectivity index (χ2n) is 8.10. The Labute approximate surface area is 183 Å². The topological polar surface area (TPSA) is 76.7 Å². The van der Waals surface area contributed by atoms with Crippen LogP contribution < -0.4 is 11.1 Å². The van der Waals surface area contributed by atoms with Crippen LogP contribution in [0, 0.1) is 11.8 Å². The third kappa shape index (κ3) is 5.35. The van der Waals surface area contributed by atoms with Gasteiger partial charge in [0.15, 0.2) is 0 Å². The summed E-state index contributed by atoms with van der Waals surface area (Å²) in [5.41, 5.74) is 9.86. The maximum absolute atomic E-state index is 6.49.